The molecule has 9 heteroatoms. The van der Waals surface area contributed by atoms with Crippen LogP contribution in [0.1, 0.15) is 22.0 Å². The number of halogens is 4. The maximum atomic E-state index is 14.7. The summed E-state index contributed by atoms with van der Waals surface area (Å²) in [5, 5.41) is 10.9. The summed E-state index contributed by atoms with van der Waals surface area (Å²) in [7, 11) is 0. The van der Waals surface area contributed by atoms with Gasteiger partial charge in [0.1, 0.15) is 0 Å². The standard InChI is InChI=1S/C23H19AsF3IN2O2/c25-17-9-7-15(19(20(17)27)24-16-8-6-14(28)10-18(16)26)22(31)30-11-23(32,12-30)21(29)13-4-2-1-3-5-13/h1-10,21,24,32H,11-12,29H2. The number of carbonyl (C=O) groups is 1. The first-order chi connectivity index (χ1) is 15.2. The Kier molecular flexibility index (Phi) is 6.68. The number of amides is 1. The number of rotatable bonds is 5. The van der Waals surface area contributed by atoms with Crippen molar-refractivity contribution in [3.8, 4) is 0 Å². The summed E-state index contributed by atoms with van der Waals surface area (Å²) in [6.07, 6.45) is 0. The van der Waals surface area contributed by atoms with E-state index in [1.165, 1.54) is 23.1 Å². The molecule has 1 aliphatic heterocycles. The van der Waals surface area contributed by atoms with Crippen LogP contribution in [0.2, 0.25) is 0 Å². The molecule has 0 aliphatic carbocycles. The van der Waals surface area contributed by atoms with Crippen LogP contribution in [0.25, 0.3) is 0 Å². The maximum absolute atomic E-state index is 14.7. The first-order valence-corrected chi connectivity index (χ1v) is 12.9. The van der Waals surface area contributed by atoms with Crippen LogP contribution in [0.4, 0.5) is 13.2 Å². The van der Waals surface area contributed by atoms with Crippen LogP contribution >= 0.6 is 22.6 Å². The second kappa shape index (κ2) is 9.17. The molecule has 3 aromatic carbocycles. The Labute approximate surface area is 203 Å². The zero-order valence-electron chi connectivity index (χ0n) is 16.7. The van der Waals surface area contributed by atoms with Gasteiger partial charge in [-0.1, -0.05) is 0 Å². The predicted molar refractivity (Wildman–Crippen MR) is 126 cm³/mol. The number of carbonyl (C=O) groups excluding carboxylic acids is 1. The number of hydrogen-bond donors (Lipinski definition) is 2. The monoisotopic (exact) mass is 614 g/mol. The SMILES string of the molecule is NC(c1ccccc1)C1(O)CN(C(=O)c2ccc(F)c(F)c2[AsH]c2ccc(I)cc2F)C1. The summed E-state index contributed by atoms with van der Waals surface area (Å²) in [5.74, 6) is -3.27. The zero-order valence-corrected chi connectivity index (χ0v) is 20.9. The number of aliphatic hydroxyl groups is 1. The normalized spacial score (nSPS) is 16.2. The van der Waals surface area contributed by atoms with Gasteiger partial charge in [0, 0.05) is 0 Å². The van der Waals surface area contributed by atoms with Crippen LogP contribution in [0.3, 0.4) is 0 Å². The van der Waals surface area contributed by atoms with Crippen molar-refractivity contribution in [2.45, 2.75) is 11.6 Å². The van der Waals surface area contributed by atoms with E-state index in [-0.39, 0.29) is 27.4 Å². The van der Waals surface area contributed by atoms with E-state index >= 15 is 0 Å². The van der Waals surface area contributed by atoms with E-state index in [4.69, 9.17) is 5.73 Å². The van der Waals surface area contributed by atoms with Gasteiger partial charge < -0.3 is 0 Å². The molecule has 0 bridgehead atoms. The molecule has 3 aromatic rings. The number of nitrogens with two attached hydrogens (primary N) is 1. The van der Waals surface area contributed by atoms with E-state index in [0.29, 0.717) is 3.57 Å². The summed E-state index contributed by atoms with van der Waals surface area (Å²) in [5.41, 5.74) is 5.60. The van der Waals surface area contributed by atoms with Gasteiger partial charge in [-0.2, -0.15) is 0 Å². The molecule has 1 aliphatic rings. The molecule has 1 fully saturated rings. The molecule has 32 heavy (non-hydrogen) atoms. The third-order valence-electron chi connectivity index (χ3n) is 5.47. The van der Waals surface area contributed by atoms with Crippen LogP contribution in [0, 0.1) is 21.0 Å². The third kappa shape index (κ3) is 4.46. The summed E-state index contributed by atoms with van der Waals surface area (Å²) >= 11 is 0.286. The molecule has 3 N–H and O–H groups in total. The van der Waals surface area contributed by atoms with Crippen molar-refractivity contribution in [1.29, 1.82) is 0 Å². The Hall–Kier alpha value is -1.87. The molecule has 1 amide bonds. The van der Waals surface area contributed by atoms with Crippen molar-refractivity contribution in [3.63, 3.8) is 0 Å². The van der Waals surface area contributed by atoms with Crippen LogP contribution in [0.5, 0.6) is 0 Å². The van der Waals surface area contributed by atoms with Gasteiger partial charge in [-0.3, -0.25) is 0 Å². The van der Waals surface area contributed by atoms with Gasteiger partial charge >= 0.3 is 204 Å². The molecule has 4 rings (SSSR count). The number of hydrogen-bond acceptors (Lipinski definition) is 3. The first kappa shape index (κ1) is 23.3. The van der Waals surface area contributed by atoms with Gasteiger partial charge in [0.25, 0.3) is 0 Å². The Bertz CT molecular complexity index is 1170. The van der Waals surface area contributed by atoms with Crippen molar-refractivity contribution in [2.24, 2.45) is 5.73 Å². The summed E-state index contributed by atoms with van der Waals surface area (Å²) < 4.78 is 43.9. The topological polar surface area (TPSA) is 66.6 Å². The minimum absolute atomic E-state index is 0.0165. The van der Waals surface area contributed by atoms with E-state index in [1.807, 2.05) is 40.8 Å². The third-order valence-corrected chi connectivity index (χ3v) is 9.11. The van der Waals surface area contributed by atoms with Crippen molar-refractivity contribution >= 4 is 53.0 Å². The summed E-state index contributed by atoms with van der Waals surface area (Å²) in [4.78, 5) is 14.4. The molecule has 2 unspecified atom stereocenters. The van der Waals surface area contributed by atoms with E-state index in [2.05, 4.69) is 0 Å². The molecule has 0 saturated carbocycles. The number of nitrogens with zero attached hydrogens (tertiary/aromatic N) is 1. The number of benzene rings is 3. The van der Waals surface area contributed by atoms with E-state index in [9.17, 15) is 23.1 Å². The number of β-amino-alcohol motifs (C(OH)–C–C–N with tert-alkyl or cyclic N) is 1. The zero-order chi connectivity index (χ0) is 23.0. The van der Waals surface area contributed by atoms with Crippen LogP contribution in [-0.2, 0) is 0 Å². The van der Waals surface area contributed by atoms with Crippen molar-refractivity contribution in [3.05, 3.63) is 92.8 Å². The molecular formula is C23H19AsF3IN2O2. The molecule has 1 saturated heterocycles. The molecule has 0 aromatic heterocycles. The second-order valence-electron chi connectivity index (χ2n) is 7.69. The second-order valence-corrected chi connectivity index (χ2v) is 11.6. The molecule has 1 heterocycles. The molecular weight excluding hydrogens is 595 g/mol. The van der Waals surface area contributed by atoms with Gasteiger partial charge in [0.2, 0.25) is 0 Å². The summed E-state index contributed by atoms with van der Waals surface area (Å²) in [6.45, 7) is -0.0869. The Morgan fingerprint density at radius 3 is 2.41 bits per heavy atom. The van der Waals surface area contributed by atoms with Crippen LogP contribution in [0.15, 0.2) is 60.7 Å². The molecule has 166 valence electrons. The van der Waals surface area contributed by atoms with Gasteiger partial charge in [0.05, 0.1) is 0 Å². The quantitative estimate of drug-likeness (QED) is 0.342. The first-order valence-electron chi connectivity index (χ1n) is 9.72. The Morgan fingerprint density at radius 1 is 1.06 bits per heavy atom. The fraction of sp³-hybridized carbons (Fsp3) is 0.174. The fourth-order valence-corrected chi connectivity index (χ4v) is 6.61. The van der Waals surface area contributed by atoms with Crippen LogP contribution < -0.4 is 14.4 Å². The summed E-state index contributed by atoms with van der Waals surface area (Å²) in [6, 6.07) is 15.0. The predicted octanol–water partition coefficient (Wildman–Crippen LogP) is 1.98. The molecule has 2 atom stereocenters. The average Bonchev–Trinajstić information content (AvgIpc) is 2.76. The average molecular weight is 614 g/mol. The van der Waals surface area contributed by atoms with E-state index in [1.54, 1.807) is 18.2 Å². The minimum atomic E-state index is -1.68. The van der Waals surface area contributed by atoms with E-state index < -0.39 is 50.8 Å². The van der Waals surface area contributed by atoms with Crippen molar-refractivity contribution in [2.75, 3.05) is 13.1 Å². The van der Waals surface area contributed by atoms with Gasteiger partial charge in [-0.15, -0.1) is 0 Å². The van der Waals surface area contributed by atoms with Gasteiger partial charge in [0.15, 0.2) is 0 Å². The van der Waals surface area contributed by atoms with Gasteiger partial charge in [-0.25, -0.2) is 0 Å². The van der Waals surface area contributed by atoms with Crippen LogP contribution in [-0.4, -0.2) is 50.4 Å². The Morgan fingerprint density at radius 2 is 1.75 bits per heavy atom. The van der Waals surface area contributed by atoms with Crippen molar-refractivity contribution in [1.82, 2.24) is 4.90 Å². The fourth-order valence-electron chi connectivity index (χ4n) is 3.67. The van der Waals surface area contributed by atoms with Crippen molar-refractivity contribution < 1.29 is 23.1 Å². The molecule has 4 nitrogen and oxygen atoms in total. The number of likely N-dealkylation sites (tertiary alicyclic amines) is 1. The molecule has 0 spiro atoms. The molecule has 0 radical (unpaired) electrons. The van der Waals surface area contributed by atoms with Gasteiger partial charge in [-0.05, 0) is 0 Å². The van der Waals surface area contributed by atoms with E-state index in [0.717, 1.165) is 11.6 Å². The Balaban J connectivity index is 1.58.